The smallest absolute Gasteiger partial charge is 0.314 e. The number of carboxylic acids is 1. The van der Waals surface area contributed by atoms with Crippen LogP contribution in [0.5, 0.6) is 0 Å². The van der Waals surface area contributed by atoms with E-state index in [9.17, 15) is 23.1 Å². The van der Waals surface area contributed by atoms with Gasteiger partial charge < -0.3 is 10.0 Å². The molecule has 7 heteroatoms. The molecule has 0 spiro atoms. The summed E-state index contributed by atoms with van der Waals surface area (Å²) in [7, 11) is -3.41. The molecule has 0 bridgehead atoms. The summed E-state index contributed by atoms with van der Waals surface area (Å²) in [5.74, 6) is -1.78. The highest BCUT2D eigenvalue weighted by atomic mass is 32.2. The SMILES string of the molecule is CCCCCS(=O)(=O)CC(=O)N1CCC(C(=O)O)(c2ccccc2)CC1. The second-order valence-electron chi connectivity index (χ2n) is 6.93. The van der Waals surface area contributed by atoms with Gasteiger partial charge in [0.15, 0.2) is 9.84 Å². The van der Waals surface area contributed by atoms with Crippen molar-refractivity contribution in [2.45, 2.75) is 44.4 Å². The number of benzene rings is 1. The van der Waals surface area contributed by atoms with Gasteiger partial charge in [0.25, 0.3) is 0 Å². The Morgan fingerprint density at radius 2 is 1.73 bits per heavy atom. The Labute approximate surface area is 155 Å². The third-order valence-electron chi connectivity index (χ3n) is 5.11. The molecule has 1 aromatic rings. The molecule has 1 fully saturated rings. The summed E-state index contributed by atoms with van der Waals surface area (Å²) in [6, 6.07) is 9.04. The molecule has 2 rings (SSSR count). The van der Waals surface area contributed by atoms with Crippen molar-refractivity contribution >= 4 is 21.7 Å². The summed E-state index contributed by atoms with van der Waals surface area (Å²) in [5, 5.41) is 9.77. The minimum Gasteiger partial charge on any atom is -0.481 e. The van der Waals surface area contributed by atoms with Gasteiger partial charge in [0.05, 0.1) is 11.2 Å². The van der Waals surface area contributed by atoms with Gasteiger partial charge in [0.1, 0.15) is 5.75 Å². The second kappa shape index (κ2) is 8.66. The van der Waals surface area contributed by atoms with E-state index in [2.05, 4.69) is 0 Å². The molecule has 1 aliphatic rings. The number of unbranched alkanes of at least 4 members (excludes halogenated alkanes) is 2. The van der Waals surface area contributed by atoms with Gasteiger partial charge >= 0.3 is 5.97 Å². The molecule has 1 saturated heterocycles. The van der Waals surface area contributed by atoms with E-state index in [1.807, 2.05) is 13.0 Å². The summed E-state index contributed by atoms with van der Waals surface area (Å²) < 4.78 is 24.1. The van der Waals surface area contributed by atoms with E-state index in [1.165, 1.54) is 4.90 Å². The van der Waals surface area contributed by atoms with Gasteiger partial charge in [-0.2, -0.15) is 0 Å². The van der Waals surface area contributed by atoms with Crippen molar-refractivity contribution in [3.05, 3.63) is 35.9 Å². The average molecular weight is 381 g/mol. The van der Waals surface area contributed by atoms with Crippen molar-refractivity contribution in [1.82, 2.24) is 4.90 Å². The molecule has 6 nitrogen and oxygen atoms in total. The van der Waals surface area contributed by atoms with E-state index in [1.54, 1.807) is 24.3 Å². The Bertz CT molecular complexity index is 722. The van der Waals surface area contributed by atoms with Crippen molar-refractivity contribution in [3.8, 4) is 0 Å². The summed E-state index contributed by atoms with van der Waals surface area (Å²) in [6.45, 7) is 2.50. The number of hydrogen-bond donors (Lipinski definition) is 1. The van der Waals surface area contributed by atoms with Crippen LogP contribution < -0.4 is 0 Å². The first-order valence-electron chi connectivity index (χ1n) is 9.08. The van der Waals surface area contributed by atoms with Gasteiger partial charge in [0.2, 0.25) is 5.91 Å². The number of rotatable bonds is 8. The van der Waals surface area contributed by atoms with Crippen LogP contribution in [0.4, 0.5) is 0 Å². The molecule has 26 heavy (non-hydrogen) atoms. The third kappa shape index (κ3) is 4.84. The first-order chi connectivity index (χ1) is 12.3. The van der Waals surface area contributed by atoms with Crippen LogP contribution in [-0.2, 0) is 24.8 Å². The van der Waals surface area contributed by atoms with Gasteiger partial charge in [-0.25, -0.2) is 8.42 Å². The molecule has 1 aromatic carbocycles. The van der Waals surface area contributed by atoms with Crippen LogP contribution in [0.1, 0.15) is 44.6 Å². The van der Waals surface area contributed by atoms with Crippen molar-refractivity contribution in [3.63, 3.8) is 0 Å². The maximum absolute atomic E-state index is 12.4. The van der Waals surface area contributed by atoms with E-state index >= 15 is 0 Å². The van der Waals surface area contributed by atoms with Gasteiger partial charge in [-0.3, -0.25) is 9.59 Å². The first kappa shape index (κ1) is 20.4. The molecule has 0 unspecified atom stereocenters. The fourth-order valence-electron chi connectivity index (χ4n) is 3.44. The van der Waals surface area contributed by atoms with Crippen LogP contribution in [-0.4, -0.2) is 54.9 Å². The summed E-state index contributed by atoms with van der Waals surface area (Å²) >= 11 is 0. The Balaban J connectivity index is 2.00. The molecule has 0 radical (unpaired) electrons. The molecule has 0 aromatic heterocycles. The minimum absolute atomic E-state index is 0.0312. The van der Waals surface area contributed by atoms with Crippen LogP contribution in [0.2, 0.25) is 0 Å². The number of carbonyl (C=O) groups excluding carboxylic acids is 1. The lowest BCUT2D eigenvalue weighted by molar-refractivity contribution is -0.148. The zero-order chi connectivity index (χ0) is 19.2. The highest BCUT2D eigenvalue weighted by Gasteiger charge is 2.44. The van der Waals surface area contributed by atoms with Crippen molar-refractivity contribution in [2.24, 2.45) is 0 Å². The highest BCUT2D eigenvalue weighted by molar-refractivity contribution is 7.92. The lowest BCUT2D eigenvalue weighted by atomic mass is 9.73. The molecule has 1 amide bonds. The van der Waals surface area contributed by atoms with E-state index in [-0.39, 0.29) is 31.7 Å². The zero-order valence-electron chi connectivity index (χ0n) is 15.2. The number of piperidine rings is 1. The van der Waals surface area contributed by atoms with Crippen LogP contribution in [0.15, 0.2) is 30.3 Å². The van der Waals surface area contributed by atoms with Crippen LogP contribution in [0.25, 0.3) is 0 Å². The summed E-state index contributed by atoms with van der Waals surface area (Å²) in [5.41, 5.74) is -0.287. The predicted molar refractivity (Wildman–Crippen MR) is 99.7 cm³/mol. The van der Waals surface area contributed by atoms with Crippen molar-refractivity contribution in [2.75, 3.05) is 24.6 Å². The van der Waals surface area contributed by atoms with Gasteiger partial charge in [-0.05, 0) is 24.8 Å². The molecule has 0 atom stereocenters. The van der Waals surface area contributed by atoms with Crippen molar-refractivity contribution in [1.29, 1.82) is 0 Å². The van der Waals surface area contributed by atoms with Gasteiger partial charge in [-0.1, -0.05) is 50.1 Å². The Morgan fingerprint density at radius 3 is 2.27 bits per heavy atom. The maximum atomic E-state index is 12.4. The number of aliphatic carboxylic acids is 1. The summed E-state index contributed by atoms with van der Waals surface area (Å²) in [6.07, 6.45) is 2.89. The highest BCUT2D eigenvalue weighted by Crippen LogP contribution is 2.36. The van der Waals surface area contributed by atoms with Crippen LogP contribution in [0, 0.1) is 0 Å². The third-order valence-corrected chi connectivity index (χ3v) is 6.71. The number of carboxylic acid groups (broad SMARTS) is 1. The Morgan fingerprint density at radius 1 is 1.12 bits per heavy atom. The second-order valence-corrected chi connectivity index (χ2v) is 9.12. The number of carbonyl (C=O) groups is 2. The average Bonchev–Trinajstić information content (AvgIpc) is 2.62. The molecule has 0 aliphatic carbocycles. The molecule has 1 aliphatic heterocycles. The number of hydrogen-bond acceptors (Lipinski definition) is 4. The van der Waals surface area contributed by atoms with Crippen LogP contribution >= 0.6 is 0 Å². The minimum atomic E-state index is -3.41. The standard InChI is InChI=1S/C19H27NO5S/c1-2-3-7-14-26(24,25)15-17(21)20-12-10-19(11-13-20,18(22)23)16-8-5-4-6-9-16/h4-6,8-9H,2-3,7,10-15H2,1H3,(H,22,23). The molecule has 144 valence electrons. The normalized spacial score (nSPS) is 17.0. The van der Waals surface area contributed by atoms with E-state index in [0.717, 1.165) is 18.4 Å². The number of amides is 1. The fourth-order valence-corrected chi connectivity index (χ4v) is 4.79. The lowest BCUT2D eigenvalue weighted by Crippen LogP contribution is -2.50. The number of sulfone groups is 1. The molecule has 0 saturated carbocycles. The van der Waals surface area contributed by atoms with Gasteiger partial charge in [-0.15, -0.1) is 0 Å². The van der Waals surface area contributed by atoms with E-state index < -0.39 is 32.9 Å². The Kier molecular flexibility index (Phi) is 6.81. The maximum Gasteiger partial charge on any atom is 0.314 e. The topological polar surface area (TPSA) is 91.8 Å². The molecule has 1 N–H and O–H groups in total. The number of nitrogens with zero attached hydrogens (tertiary/aromatic N) is 1. The van der Waals surface area contributed by atoms with Crippen LogP contribution in [0.3, 0.4) is 0 Å². The van der Waals surface area contributed by atoms with Gasteiger partial charge in [0, 0.05) is 13.1 Å². The molecule has 1 heterocycles. The molecular weight excluding hydrogens is 354 g/mol. The van der Waals surface area contributed by atoms with E-state index in [0.29, 0.717) is 6.42 Å². The fraction of sp³-hybridized carbons (Fsp3) is 0.579. The largest absolute Gasteiger partial charge is 0.481 e. The lowest BCUT2D eigenvalue weighted by Gasteiger charge is -2.39. The quantitative estimate of drug-likeness (QED) is 0.697. The predicted octanol–water partition coefficient (Wildman–Crippen LogP) is 2.24. The Hall–Kier alpha value is -1.89. The van der Waals surface area contributed by atoms with Crippen molar-refractivity contribution < 1.29 is 23.1 Å². The first-order valence-corrected chi connectivity index (χ1v) is 10.9. The number of likely N-dealkylation sites (tertiary alicyclic amines) is 1. The zero-order valence-corrected chi connectivity index (χ0v) is 16.0. The monoisotopic (exact) mass is 381 g/mol. The summed E-state index contributed by atoms with van der Waals surface area (Å²) in [4.78, 5) is 25.8. The van der Waals surface area contributed by atoms with E-state index in [4.69, 9.17) is 0 Å². The molecular formula is C19H27NO5S.